The molecule has 0 atom stereocenters. The third-order valence-electron chi connectivity index (χ3n) is 1.65. The number of nitrogens with one attached hydrogen (secondary N) is 1. The summed E-state index contributed by atoms with van der Waals surface area (Å²) in [5.41, 5.74) is 0.220. The molecule has 0 aliphatic carbocycles. The Morgan fingerprint density at radius 3 is 2.27 bits per heavy atom. The number of carbonyl (C=O) groups is 1. The first-order valence-corrected chi connectivity index (χ1v) is 5.98. The third kappa shape index (κ3) is 2.53. The fourth-order valence-corrected chi connectivity index (χ4v) is 2.29. The van der Waals surface area contributed by atoms with Gasteiger partial charge in [0.05, 0.1) is 5.56 Å². The zero-order valence-electron chi connectivity index (χ0n) is 7.35. The van der Waals surface area contributed by atoms with Gasteiger partial charge in [0.15, 0.2) is 0 Å². The van der Waals surface area contributed by atoms with Gasteiger partial charge in [-0.25, -0.2) is 13.1 Å². The zero-order valence-corrected chi connectivity index (χ0v) is 10.2. The summed E-state index contributed by atoms with van der Waals surface area (Å²) in [7, 11) is 1.64. The molecule has 1 heterocycles. The Kier molecular flexibility index (Phi) is 3.80. The Morgan fingerprint density at radius 1 is 1.20 bits per heavy atom. The molecule has 0 bridgehead atoms. The largest absolute Gasteiger partial charge is 0.458 e. The van der Waals surface area contributed by atoms with E-state index >= 15 is 0 Å². The maximum absolute atomic E-state index is 11.1. The summed E-state index contributed by atoms with van der Waals surface area (Å²) in [4.78, 5) is 11.1. The van der Waals surface area contributed by atoms with Crippen molar-refractivity contribution in [1.82, 2.24) is 4.72 Å². The quantitative estimate of drug-likeness (QED) is 0.622. The van der Waals surface area contributed by atoms with Crippen LogP contribution in [0.5, 0.6) is 0 Å². The average molecular weight is 255 g/mol. The maximum Gasteiger partial charge on any atom is 0.266 e. The van der Waals surface area contributed by atoms with E-state index in [-0.39, 0.29) is 10.5 Å². The number of benzene rings is 1. The van der Waals surface area contributed by atoms with Crippen LogP contribution in [0.1, 0.15) is 10.4 Å². The highest BCUT2D eigenvalue weighted by atomic mass is 32.2. The molecule has 1 amide bonds. The predicted molar refractivity (Wildman–Crippen MR) is 53.7 cm³/mol. The molecule has 8 heteroatoms. The van der Waals surface area contributed by atoms with E-state index in [0.29, 0.717) is 0 Å². The topological polar surface area (TPSA) is 72.5 Å². The van der Waals surface area contributed by atoms with Crippen LogP contribution in [0.15, 0.2) is 29.2 Å². The molecule has 1 aliphatic rings. The SMILES string of the molecule is O=C1NS(=O)(=O)c2ccccc21.[Si]O[Si]. The minimum Gasteiger partial charge on any atom is -0.458 e. The van der Waals surface area contributed by atoms with Crippen molar-refractivity contribution in [3.63, 3.8) is 0 Å². The first-order chi connectivity index (χ1) is 7.03. The van der Waals surface area contributed by atoms with Crippen molar-refractivity contribution in [2.45, 2.75) is 4.90 Å². The summed E-state index contributed by atoms with van der Waals surface area (Å²) in [6, 6.07) is 6.09. The fraction of sp³-hybridized carbons (Fsp3) is 0. The van der Waals surface area contributed by atoms with Gasteiger partial charge in [0, 0.05) is 0 Å². The Labute approximate surface area is 94.0 Å². The van der Waals surface area contributed by atoms with E-state index in [1.54, 1.807) is 12.1 Å². The van der Waals surface area contributed by atoms with Crippen LogP contribution in [0.25, 0.3) is 0 Å². The van der Waals surface area contributed by atoms with Gasteiger partial charge in [-0.15, -0.1) is 0 Å². The first-order valence-electron chi connectivity index (χ1n) is 3.68. The van der Waals surface area contributed by atoms with Gasteiger partial charge in [-0.2, -0.15) is 0 Å². The van der Waals surface area contributed by atoms with Gasteiger partial charge >= 0.3 is 0 Å². The lowest BCUT2D eigenvalue weighted by Gasteiger charge is -1.91. The summed E-state index contributed by atoms with van der Waals surface area (Å²) in [6.45, 7) is 0. The summed E-state index contributed by atoms with van der Waals surface area (Å²) in [6.07, 6.45) is 0. The van der Waals surface area contributed by atoms with Crippen LogP contribution in [-0.4, -0.2) is 35.3 Å². The van der Waals surface area contributed by atoms with Crippen molar-refractivity contribution in [3.05, 3.63) is 29.8 Å². The first kappa shape index (κ1) is 12.1. The standard InChI is InChI=1S/C7H5NO3S.OSi2/c9-7-5-3-1-2-4-6(5)12(10,11)8-7;2-1-3/h1-4H,(H,8,9);. The van der Waals surface area contributed by atoms with Crippen LogP contribution in [-0.2, 0) is 14.1 Å². The minimum atomic E-state index is -3.55. The number of amides is 1. The van der Waals surface area contributed by atoms with Crippen molar-refractivity contribution < 1.29 is 17.3 Å². The average Bonchev–Trinajstić information content (AvgIpc) is 2.40. The minimum absolute atomic E-state index is 0.0648. The summed E-state index contributed by atoms with van der Waals surface area (Å²) in [5.74, 6) is -0.550. The Balaban J connectivity index is 0.000000337. The number of rotatable bonds is 0. The van der Waals surface area contributed by atoms with Gasteiger partial charge in [-0.05, 0) is 12.1 Å². The molecule has 76 valence electrons. The number of fused-ring (bicyclic) bond motifs is 1. The van der Waals surface area contributed by atoms with E-state index in [1.807, 2.05) is 4.72 Å². The molecular formula is C7H5NO4SSi2. The summed E-state index contributed by atoms with van der Waals surface area (Å²) >= 11 is 0. The van der Waals surface area contributed by atoms with Gasteiger partial charge in [0.1, 0.15) is 4.90 Å². The fourth-order valence-electron chi connectivity index (χ4n) is 1.12. The molecular weight excluding hydrogens is 250 g/mol. The molecule has 0 fully saturated rings. The molecule has 1 aromatic rings. The highest BCUT2D eigenvalue weighted by Crippen LogP contribution is 2.20. The molecule has 1 aromatic carbocycles. The number of carbonyl (C=O) groups excluding carboxylic acids is 1. The second-order valence-corrected chi connectivity index (χ2v) is 5.00. The lowest BCUT2D eigenvalue weighted by Crippen LogP contribution is -2.20. The van der Waals surface area contributed by atoms with Crippen molar-refractivity contribution in [2.24, 2.45) is 0 Å². The van der Waals surface area contributed by atoms with Crippen molar-refractivity contribution in [3.8, 4) is 0 Å². The molecule has 1 N–H and O–H groups in total. The molecule has 0 spiro atoms. The number of sulfonamides is 1. The molecule has 5 nitrogen and oxygen atoms in total. The maximum atomic E-state index is 11.1. The zero-order chi connectivity index (χ0) is 11.5. The van der Waals surface area contributed by atoms with Crippen molar-refractivity contribution in [2.75, 3.05) is 0 Å². The van der Waals surface area contributed by atoms with Crippen LogP contribution in [0.4, 0.5) is 0 Å². The molecule has 0 saturated heterocycles. The molecule has 0 saturated carbocycles. The summed E-state index contributed by atoms with van der Waals surface area (Å²) < 4.78 is 28.0. The van der Waals surface area contributed by atoms with Crippen LogP contribution < -0.4 is 4.72 Å². The molecule has 0 aromatic heterocycles. The van der Waals surface area contributed by atoms with Crippen LogP contribution in [0, 0.1) is 0 Å². The van der Waals surface area contributed by atoms with Gasteiger partial charge in [0.25, 0.3) is 15.9 Å². The molecule has 15 heavy (non-hydrogen) atoms. The normalized spacial score (nSPS) is 16.0. The number of hydrogen-bond donors (Lipinski definition) is 1. The third-order valence-corrected chi connectivity index (χ3v) is 3.04. The van der Waals surface area contributed by atoms with E-state index in [0.717, 1.165) is 0 Å². The lowest BCUT2D eigenvalue weighted by molar-refractivity contribution is 0.0985. The van der Waals surface area contributed by atoms with Crippen LogP contribution >= 0.6 is 0 Å². The second-order valence-electron chi connectivity index (χ2n) is 2.53. The lowest BCUT2D eigenvalue weighted by atomic mass is 10.2. The van der Waals surface area contributed by atoms with E-state index in [1.165, 1.54) is 12.1 Å². The Bertz CT molecular complexity index is 474. The van der Waals surface area contributed by atoms with E-state index in [2.05, 4.69) is 25.1 Å². The highest BCUT2D eigenvalue weighted by molar-refractivity contribution is 7.90. The Morgan fingerprint density at radius 2 is 1.73 bits per heavy atom. The molecule has 2 rings (SSSR count). The highest BCUT2D eigenvalue weighted by Gasteiger charge is 2.31. The van der Waals surface area contributed by atoms with Crippen LogP contribution in [0.2, 0.25) is 0 Å². The predicted octanol–water partition coefficient (Wildman–Crippen LogP) is -0.711. The van der Waals surface area contributed by atoms with Crippen LogP contribution in [0.3, 0.4) is 0 Å². The van der Waals surface area contributed by atoms with Crippen molar-refractivity contribution in [1.29, 1.82) is 0 Å². The second kappa shape index (κ2) is 4.70. The number of hydrogen-bond acceptors (Lipinski definition) is 4. The monoisotopic (exact) mass is 255 g/mol. The van der Waals surface area contributed by atoms with Gasteiger partial charge in [-0.3, -0.25) is 4.79 Å². The molecule has 1 aliphatic heterocycles. The van der Waals surface area contributed by atoms with Gasteiger partial charge < -0.3 is 4.12 Å². The van der Waals surface area contributed by atoms with E-state index in [4.69, 9.17) is 0 Å². The smallest absolute Gasteiger partial charge is 0.266 e. The van der Waals surface area contributed by atoms with E-state index < -0.39 is 15.9 Å². The molecule has 6 radical (unpaired) electrons. The Hall–Kier alpha value is -0.966. The summed E-state index contributed by atoms with van der Waals surface area (Å²) in [5, 5.41) is 0. The van der Waals surface area contributed by atoms with E-state index in [9.17, 15) is 13.2 Å². The molecule has 0 unspecified atom stereocenters. The van der Waals surface area contributed by atoms with Gasteiger partial charge in [0.2, 0.25) is 21.0 Å². The van der Waals surface area contributed by atoms with Crippen molar-refractivity contribution >= 4 is 36.9 Å². The van der Waals surface area contributed by atoms with Gasteiger partial charge in [-0.1, -0.05) is 12.1 Å².